The monoisotopic (exact) mass is 408 g/mol. The Hall–Kier alpha value is -3.05. The molecule has 0 saturated carbocycles. The molecule has 0 saturated heterocycles. The first-order valence-corrected chi connectivity index (χ1v) is 10.0. The Morgan fingerprint density at radius 2 is 1.60 bits per heavy atom. The summed E-state index contributed by atoms with van der Waals surface area (Å²) in [5.74, 6) is -0.703. The smallest absolute Gasteiger partial charge is 0.241 e. The second-order valence-corrected chi connectivity index (χ2v) is 7.32. The lowest BCUT2D eigenvalue weighted by molar-refractivity contribution is -0.123. The minimum Gasteiger partial charge on any atom is -0.358 e. The Morgan fingerprint density at radius 3 is 2.27 bits per heavy atom. The highest BCUT2D eigenvalue weighted by molar-refractivity contribution is 5.83. The second-order valence-electron chi connectivity index (χ2n) is 7.32. The standard InChI is InChI=1S/C25H26F2N2O/c1-17-16-20(12-14-21(17)26)23(15-13-18-8-6-7-11-22(18)27)29-24(25(30)28-2)19-9-4-3-5-10-19/h3-12,14,16,23-24,29H,13,15H2,1-2H3,(H,28,30)/t23-,24-/m1/s1. The van der Waals surface area contributed by atoms with Crippen molar-refractivity contribution in [3.8, 4) is 0 Å². The molecular formula is C25H26F2N2O. The number of amides is 1. The van der Waals surface area contributed by atoms with E-state index in [1.807, 2.05) is 30.3 Å². The lowest BCUT2D eigenvalue weighted by atomic mass is 9.95. The maximum absolute atomic E-state index is 14.1. The molecule has 156 valence electrons. The van der Waals surface area contributed by atoms with Crippen LogP contribution in [0.3, 0.4) is 0 Å². The zero-order chi connectivity index (χ0) is 21.5. The molecule has 0 aliphatic rings. The number of carbonyl (C=O) groups excluding carboxylic acids is 1. The molecule has 3 aromatic rings. The van der Waals surface area contributed by atoms with Gasteiger partial charge < -0.3 is 5.32 Å². The van der Waals surface area contributed by atoms with Crippen molar-refractivity contribution in [3.63, 3.8) is 0 Å². The van der Waals surface area contributed by atoms with Crippen molar-refractivity contribution in [1.82, 2.24) is 10.6 Å². The van der Waals surface area contributed by atoms with Gasteiger partial charge >= 0.3 is 0 Å². The number of rotatable bonds is 8. The van der Waals surface area contributed by atoms with E-state index in [4.69, 9.17) is 0 Å². The van der Waals surface area contributed by atoms with Crippen molar-refractivity contribution in [2.75, 3.05) is 7.05 Å². The van der Waals surface area contributed by atoms with E-state index >= 15 is 0 Å². The molecule has 3 aromatic carbocycles. The van der Waals surface area contributed by atoms with Gasteiger partial charge in [0, 0.05) is 13.1 Å². The van der Waals surface area contributed by atoms with Gasteiger partial charge in [-0.1, -0.05) is 60.7 Å². The molecule has 0 aliphatic heterocycles. The van der Waals surface area contributed by atoms with Crippen molar-refractivity contribution < 1.29 is 13.6 Å². The first-order valence-electron chi connectivity index (χ1n) is 10.0. The summed E-state index contributed by atoms with van der Waals surface area (Å²) in [6, 6.07) is 20.2. The van der Waals surface area contributed by atoms with E-state index in [0.717, 1.165) is 11.1 Å². The molecule has 0 aromatic heterocycles. The fraction of sp³-hybridized carbons (Fsp3) is 0.240. The predicted molar refractivity (Wildman–Crippen MR) is 115 cm³/mol. The summed E-state index contributed by atoms with van der Waals surface area (Å²) in [5.41, 5.74) is 2.82. The van der Waals surface area contributed by atoms with Gasteiger partial charge in [-0.2, -0.15) is 0 Å². The number of halogens is 2. The van der Waals surface area contributed by atoms with Gasteiger partial charge in [0.1, 0.15) is 17.7 Å². The minimum absolute atomic E-state index is 0.170. The van der Waals surface area contributed by atoms with Crippen molar-refractivity contribution in [2.45, 2.75) is 31.8 Å². The van der Waals surface area contributed by atoms with E-state index in [1.54, 1.807) is 44.3 Å². The lowest BCUT2D eigenvalue weighted by Crippen LogP contribution is -2.38. The van der Waals surface area contributed by atoms with Crippen molar-refractivity contribution in [1.29, 1.82) is 0 Å². The first-order chi connectivity index (χ1) is 14.5. The summed E-state index contributed by atoms with van der Waals surface area (Å²) < 4.78 is 28.0. The molecule has 0 heterocycles. The fourth-order valence-corrected chi connectivity index (χ4v) is 3.55. The number of hydrogen-bond acceptors (Lipinski definition) is 2. The molecule has 0 fully saturated rings. The maximum atomic E-state index is 14.1. The van der Waals surface area contributed by atoms with Gasteiger partial charge in [-0.3, -0.25) is 10.1 Å². The highest BCUT2D eigenvalue weighted by atomic mass is 19.1. The Bertz CT molecular complexity index is 991. The van der Waals surface area contributed by atoms with Crippen LogP contribution >= 0.6 is 0 Å². The SMILES string of the molecule is CNC(=O)[C@H](N[C@H](CCc1ccccc1F)c1ccc(F)c(C)c1)c1ccccc1. The summed E-state index contributed by atoms with van der Waals surface area (Å²) in [7, 11) is 1.59. The molecular weight excluding hydrogens is 382 g/mol. The normalized spacial score (nSPS) is 12.9. The van der Waals surface area contributed by atoms with Gasteiger partial charge in [-0.05, 0) is 54.2 Å². The van der Waals surface area contributed by atoms with Gasteiger partial charge in [0.2, 0.25) is 5.91 Å². The number of likely N-dealkylation sites (N-methyl/N-ethyl adjacent to an activating group) is 1. The third-order valence-electron chi connectivity index (χ3n) is 5.25. The highest BCUT2D eigenvalue weighted by Gasteiger charge is 2.24. The van der Waals surface area contributed by atoms with Gasteiger partial charge in [-0.25, -0.2) is 8.78 Å². The highest BCUT2D eigenvalue weighted by Crippen LogP contribution is 2.26. The van der Waals surface area contributed by atoms with Crippen LogP contribution in [0.5, 0.6) is 0 Å². The predicted octanol–water partition coefficient (Wildman–Crippen LogP) is 5.02. The number of hydrogen-bond donors (Lipinski definition) is 2. The molecule has 0 aliphatic carbocycles. The molecule has 0 spiro atoms. The Labute approximate surface area is 176 Å². The molecule has 1 amide bonds. The summed E-state index contributed by atoms with van der Waals surface area (Å²) in [6.07, 6.45) is 1.03. The summed E-state index contributed by atoms with van der Waals surface area (Å²) in [6.45, 7) is 1.71. The zero-order valence-electron chi connectivity index (χ0n) is 17.2. The third kappa shape index (κ3) is 5.30. The topological polar surface area (TPSA) is 41.1 Å². The van der Waals surface area contributed by atoms with Crippen molar-refractivity contribution >= 4 is 5.91 Å². The van der Waals surface area contributed by atoms with Crippen LogP contribution in [-0.4, -0.2) is 13.0 Å². The first kappa shape index (κ1) is 21.7. The molecule has 0 bridgehead atoms. The van der Waals surface area contributed by atoms with Crippen LogP contribution in [0.2, 0.25) is 0 Å². The second kappa shape index (κ2) is 10.1. The van der Waals surface area contributed by atoms with Crippen LogP contribution in [0, 0.1) is 18.6 Å². The van der Waals surface area contributed by atoms with Crippen molar-refractivity contribution in [3.05, 3.63) is 107 Å². The van der Waals surface area contributed by atoms with E-state index in [9.17, 15) is 13.6 Å². The van der Waals surface area contributed by atoms with Crippen LogP contribution in [0.4, 0.5) is 8.78 Å². The van der Waals surface area contributed by atoms with E-state index in [1.165, 1.54) is 12.1 Å². The average molecular weight is 408 g/mol. The average Bonchev–Trinajstić information content (AvgIpc) is 2.77. The van der Waals surface area contributed by atoms with Crippen LogP contribution in [0.15, 0.2) is 72.8 Å². The molecule has 0 unspecified atom stereocenters. The Morgan fingerprint density at radius 1 is 0.900 bits per heavy atom. The van der Waals surface area contributed by atoms with Gasteiger partial charge in [0.25, 0.3) is 0 Å². The summed E-state index contributed by atoms with van der Waals surface area (Å²) in [5, 5.41) is 6.12. The van der Waals surface area contributed by atoms with E-state index in [0.29, 0.717) is 24.0 Å². The van der Waals surface area contributed by atoms with E-state index in [2.05, 4.69) is 10.6 Å². The van der Waals surface area contributed by atoms with Crippen molar-refractivity contribution in [2.24, 2.45) is 0 Å². The number of carbonyl (C=O) groups is 1. The van der Waals surface area contributed by atoms with Crippen LogP contribution in [-0.2, 0) is 11.2 Å². The summed E-state index contributed by atoms with van der Waals surface area (Å²) >= 11 is 0. The van der Waals surface area contributed by atoms with Crippen LogP contribution < -0.4 is 10.6 Å². The molecule has 0 radical (unpaired) electrons. The molecule has 3 rings (SSSR count). The maximum Gasteiger partial charge on any atom is 0.241 e. The molecule has 3 nitrogen and oxygen atoms in total. The molecule has 5 heteroatoms. The Balaban J connectivity index is 1.91. The van der Waals surface area contributed by atoms with Gasteiger partial charge in [-0.15, -0.1) is 0 Å². The summed E-state index contributed by atoms with van der Waals surface area (Å²) in [4.78, 5) is 12.6. The van der Waals surface area contributed by atoms with Gasteiger partial charge in [0.15, 0.2) is 0 Å². The lowest BCUT2D eigenvalue weighted by Gasteiger charge is -2.26. The number of nitrogens with one attached hydrogen (secondary N) is 2. The van der Waals surface area contributed by atoms with E-state index < -0.39 is 6.04 Å². The molecule has 30 heavy (non-hydrogen) atoms. The van der Waals surface area contributed by atoms with Gasteiger partial charge in [0.05, 0.1) is 0 Å². The largest absolute Gasteiger partial charge is 0.358 e. The van der Waals surface area contributed by atoms with E-state index in [-0.39, 0.29) is 23.6 Å². The molecule has 2 atom stereocenters. The number of aryl methyl sites for hydroxylation is 2. The quantitative estimate of drug-likeness (QED) is 0.549. The molecule has 2 N–H and O–H groups in total. The Kier molecular flexibility index (Phi) is 7.31. The van der Waals surface area contributed by atoms with Crippen LogP contribution in [0.1, 0.15) is 40.8 Å². The zero-order valence-corrected chi connectivity index (χ0v) is 17.2. The van der Waals surface area contributed by atoms with Crippen LogP contribution in [0.25, 0.3) is 0 Å². The number of benzene rings is 3. The fourth-order valence-electron chi connectivity index (χ4n) is 3.55. The third-order valence-corrected chi connectivity index (χ3v) is 5.25. The minimum atomic E-state index is -0.591.